The summed E-state index contributed by atoms with van der Waals surface area (Å²) in [7, 11) is 0. The molecule has 15 heavy (non-hydrogen) atoms. The second-order valence-corrected chi connectivity index (χ2v) is 3.41. The van der Waals surface area contributed by atoms with Crippen molar-refractivity contribution >= 4 is 23.4 Å². The van der Waals surface area contributed by atoms with Gasteiger partial charge in [-0.2, -0.15) is 5.10 Å². The Balaban J connectivity index is 2.21. The van der Waals surface area contributed by atoms with Crippen LogP contribution in [0.1, 0.15) is 12.4 Å². The fourth-order valence-electron chi connectivity index (χ4n) is 1.33. The van der Waals surface area contributed by atoms with Crippen molar-refractivity contribution in [3.8, 4) is 0 Å². The zero-order valence-electron chi connectivity index (χ0n) is 8.11. The third-order valence-electron chi connectivity index (χ3n) is 1.97. The first kappa shape index (κ1) is 10.0. The van der Waals surface area contributed by atoms with E-state index in [1.807, 2.05) is 0 Å². The summed E-state index contributed by atoms with van der Waals surface area (Å²) in [6.07, 6.45) is 3.18. The molecule has 80 valence electrons. The quantitative estimate of drug-likeness (QED) is 0.615. The molecule has 1 aromatic heterocycles. The van der Waals surface area contributed by atoms with Crippen LogP contribution in [0.25, 0.3) is 0 Å². The van der Waals surface area contributed by atoms with Gasteiger partial charge in [0, 0.05) is 6.07 Å². The number of nitrogens with zero attached hydrogens (tertiary/aromatic N) is 2. The molecule has 0 saturated heterocycles. The molecule has 1 aliphatic rings. The van der Waals surface area contributed by atoms with E-state index >= 15 is 0 Å². The van der Waals surface area contributed by atoms with Gasteiger partial charge in [0.1, 0.15) is 17.0 Å². The van der Waals surface area contributed by atoms with Gasteiger partial charge in [-0.1, -0.05) is 11.6 Å². The van der Waals surface area contributed by atoms with Gasteiger partial charge in [-0.3, -0.25) is 0 Å². The molecule has 1 unspecified atom stereocenters. The highest BCUT2D eigenvalue weighted by molar-refractivity contribution is 6.20. The van der Waals surface area contributed by atoms with Crippen molar-refractivity contribution in [3.63, 3.8) is 0 Å². The average Bonchev–Trinajstić information content (AvgIpc) is 2.66. The van der Waals surface area contributed by atoms with Crippen LogP contribution in [0.15, 0.2) is 24.0 Å². The van der Waals surface area contributed by atoms with Crippen molar-refractivity contribution in [2.24, 2.45) is 0 Å². The number of rotatable bonds is 2. The summed E-state index contributed by atoms with van der Waals surface area (Å²) in [6, 6.07) is 1.74. The molecule has 1 N–H and O–H groups in total. The minimum atomic E-state index is -0.462. The van der Waals surface area contributed by atoms with Gasteiger partial charge in [0.15, 0.2) is 0 Å². The number of allylic oxidation sites excluding steroid dienone is 1. The number of fused-ring (bicyclic) bond motifs is 1. The summed E-state index contributed by atoms with van der Waals surface area (Å²) in [4.78, 5) is 11.4. The zero-order valence-corrected chi connectivity index (χ0v) is 8.86. The Morgan fingerprint density at radius 3 is 3.33 bits per heavy atom. The first-order valence-corrected chi connectivity index (χ1v) is 4.99. The van der Waals surface area contributed by atoms with Crippen LogP contribution in [0.5, 0.6) is 0 Å². The molecule has 1 aliphatic heterocycles. The van der Waals surface area contributed by atoms with Crippen molar-refractivity contribution in [1.82, 2.24) is 9.78 Å². The Labute approximate surface area is 91.7 Å². The smallest absolute Gasteiger partial charge is 0.354 e. The fraction of sp³-hybridized carbons (Fsp3) is 0.333. The molecule has 0 amide bonds. The van der Waals surface area contributed by atoms with Crippen molar-refractivity contribution in [2.75, 3.05) is 11.9 Å². The number of ether oxygens (including phenoxy) is 1. The number of carbonyl (C=O) groups excluding carboxylic acids is 1. The Bertz CT molecular complexity index is 413. The number of anilines is 1. The van der Waals surface area contributed by atoms with Crippen LogP contribution in [0, 0.1) is 0 Å². The molecule has 0 saturated carbocycles. The third-order valence-corrected chi connectivity index (χ3v) is 2.28. The largest absolute Gasteiger partial charge is 0.461 e. The zero-order chi connectivity index (χ0) is 10.8. The number of hydrogen-bond acceptors (Lipinski definition) is 4. The van der Waals surface area contributed by atoms with Gasteiger partial charge in [-0.25, -0.2) is 9.48 Å². The molecular weight excluding hydrogens is 218 g/mol. The van der Waals surface area contributed by atoms with Crippen LogP contribution >= 0.6 is 11.6 Å². The van der Waals surface area contributed by atoms with E-state index in [1.165, 1.54) is 0 Å². The molecule has 1 aromatic rings. The van der Waals surface area contributed by atoms with Gasteiger partial charge in [0.2, 0.25) is 0 Å². The third kappa shape index (κ3) is 1.83. The Morgan fingerprint density at radius 2 is 2.60 bits per heavy atom. The Morgan fingerprint density at radius 1 is 1.80 bits per heavy atom. The molecular formula is C9H10ClN3O2. The number of alkyl halides is 1. The maximum absolute atomic E-state index is 11.4. The summed E-state index contributed by atoms with van der Waals surface area (Å²) in [5, 5.41) is 6.90. The SMILES string of the molecule is CCOC(=O)C1=CC(Cl)n2nccc2N1. The first-order valence-electron chi connectivity index (χ1n) is 4.56. The highest BCUT2D eigenvalue weighted by atomic mass is 35.5. The first-order chi connectivity index (χ1) is 7.22. The van der Waals surface area contributed by atoms with E-state index in [2.05, 4.69) is 10.4 Å². The highest BCUT2D eigenvalue weighted by Crippen LogP contribution is 2.26. The van der Waals surface area contributed by atoms with Crippen LogP contribution in [-0.4, -0.2) is 22.4 Å². The van der Waals surface area contributed by atoms with Crippen LogP contribution in [-0.2, 0) is 9.53 Å². The van der Waals surface area contributed by atoms with Gasteiger partial charge in [-0.15, -0.1) is 0 Å². The van der Waals surface area contributed by atoms with Crippen molar-refractivity contribution in [1.29, 1.82) is 0 Å². The van der Waals surface area contributed by atoms with E-state index in [0.29, 0.717) is 18.1 Å². The molecule has 2 rings (SSSR count). The molecule has 0 spiro atoms. The number of aromatic nitrogens is 2. The van der Waals surface area contributed by atoms with Crippen LogP contribution < -0.4 is 5.32 Å². The lowest BCUT2D eigenvalue weighted by atomic mass is 10.3. The lowest BCUT2D eigenvalue weighted by molar-refractivity contribution is -0.138. The minimum Gasteiger partial charge on any atom is -0.461 e. The van der Waals surface area contributed by atoms with E-state index in [9.17, 15) is 4.79 Å². The average molecular weight is 228 g/mol. The molecule has 0 bridgehead atoms. The topological polar surface area (TPSA) is 56.2 Å². The maximum atomic E-state index is 11.4. The monoisotopic (exact) mass is 227 g/mol. The predicted octanol–water partition coefficient (Wildman–Crippen LogP) is 1.49. The molecule has 1 atom stereocenters. The summed E-state index contributed by atoms with van der Waals surface area (Å²) in [5.74, 6) is 0.274. The van der Waals surface area contributed by atoms with Crippen molar-refractivity contribution < 1.29 is 9.53 Å². The van der Waals surface area contributed by atoms with Gasteiger partial charge in [0.25, 0.3) is 0 Å². The van der Waals surface area contributed by atoms with Gasteiger partial charge in [-0.05, 0) is 13.0 Å². The highest BCUT2D eigenvalue weighted by Gasteiger charge is 2.22. The number of nitrogens with one attached hydrogen (secondary N) is 1. The van der Waals surface area contributed by atoms with Crippen LogP contribution in [0.3, 0.4) is 0 Å². The Kier molecular flexibility index (Phi) is 2.64. The minimum absolute atomic E-state index is 0.337. The second kappa shape index (κ2) is 3.94. The number of carbonyl (C=O) groups is 1. The number of esters is 1. The van der Waals surface area contributed by atoms with E-state index in [4.69, 9.17) is 16.3 Å². The van der Waals surface area contributed by atoms with Gasteiger partial charge >= 0.3 is 5.97 Å². The van der Waals surface area contributed by atoms with E-state index < -0.39 is 11.5 Å². The molecule has 6 heteroatoms. The normalized spacial score (nSPS) is 18.8. The Hall–Kier alpha value is -1.49. The van der Waals surface area contributed by atoms with Crippen molar-refractivity contribution in [3.05, 3.63) is 24.0 Å². The molecule has 0 aromatic carbocycles. The molecule has 5 nitrogen and oxygen atoms in total. The lowest BCUT2D eigenvalue weighted by Gasteiger charge is -2.19. The second-order valence-electron chi connectivity index (χ2n) is 2.96. The van der Waals surface area contributed by atoms with E-state index in [-0.39, 0.29) is 0 Å². The summed E-state index contributed by atoms with van der Waals surface area (Å²) in [5.41, 5.74) is -0.111. The van der Waals surface area contributed by atoms with E-state index in [0.717, 1.165) is 0 Å². The number of halogens is 1. The standard InChI is InChI=1S/C9H10ClN3O2/c1-2-15-9(14)6-5-7(10)13-8(12-6)3-4-11-13/h3-5,7,12H,2H2,1H3. The van der Waals surface area contributed by atoms with Gasteiger partial charge < -0.3 is 10.1 Å². The fourth-order valence-corrected chi connectivity index (χ4v) is 1.61. The van der Waals surface area contributed by atoms with E-state index in [1.54, 1.807) is 29.9 Å². The maximum Gasteiger partial charge on any atom is 0.354 e. The van der Waals surface area contributed by atoms with Crippen molar-refractivity contribution in [2.45, 2.75) is 12.4 Å². The summed E-state index contributed by atoms with van der Waals surface area (Å²) in [6.45, 7) is 2.09. The molecule has 0 radical (unpaired) electrons. The van der Waals surface area contributed by atoms with Gasteiger partial charge in [0.05, 0.1) is 12.8 Å². The molecule has 0 fully saturated rings. The summed E-state index contributed by atoms with van der Waals surface area (Å²) < 4.78 is 6.44. The van der Waals surface area contributed by atoms with Crippen LogP contribution in [0.2, 0.25) is 0 Å². The van der Waals surface area contributed by atoms with Crippen LogP contribution in [0.4, 0.5) is 5.82 Å². The number of hydrogen-bond donors (Lipinski definition) is 1. The lowest BCUT2D eigenvalue weighted by Crippen LogP contribution is -2.22. The molecule has 2 heterocycles. The molecule has 0 aliphatic carbocycles. The predicted molar refractivity (Wildman–Crippen MR) is 55.5 cm³/mol. The summed E-state index contributed by atoms with van der Waals surface area (Å²) >= 11 is 6.00.